The molecule has 96 valence electrons. The van der Waals surface area contributed by atoms with Gasteiger partial charge < -0.3 is 18.9 Å². The summed E-state index contributed by atoms with van der Waals surface area (Å²) in [5, 5.41) is 3.87. The fourth-order valence-electron chi connectivity index (χ4n) is 1.43. The minimum atomic E-state index is -0.0369. The topological polar surface area (TPSA) is 36.9 Å². The summed E-state index contributed by atoms with van der Waals surface area (Å²) in [5.74, 6) is 2.16. The molecular formula is C11H15ClO4S. The van der Waals surface area contributed by atoms with Crippen molar-refractivity contribution in [2.24, 2.45) is 0 Å². The summed E-state index contributed by atoms with van der Waals surface area (Å²) in [5.41, 5.74) is 0. The first kappa shape index (κ1) is 13.0. The highest BCUT2D eigenvalue weighted by Gasteiger charge is 2.21. The number of thiophene rings is 1. The monoisotopic (exact) mass is 278 g/mol. The Kier molecular flexibility index (Phi) is 5.38. The average molecular weight is 279 g/mol. The third-order valence-corrected chi connectivity index (χ3v) is 3.06. The van der Waals surface area contributed by atoms with Crippen molar-refractivity contribution >= 4 is 22.9 Å². The van der Waals surface area contributed by atoms with Crippen LogP contribution in [0.5, 0.6) is 11.5 Å². The fourth-order valence-corrected chi connectivity index (χ4v) is 2.21. The predicted molar refractivity (Wildman–Crippen MR) is 66.6 cm³/mol. The minimum Gasteiger partial charge on any atom is -0.485 e. The number of ether oxygens (including phenoxy) is 4. The maximum atomic E-state index is 5.70. The van der Waals surface area contributed by atoms with E-state index in [4.69, 9.17) is 30.5 Å². The van der Waals surface area contributed by atoms with Crippen LogP contribution in [0, 0.1) is 0 Å². The summed E-state index contributed by atoms with van der Waals surface area (Å²) in [6.07, 6.45) is -0.0369. The van der Waals surface area contributed by atoms with Crippen LogP contribution in [-0.2, 0) is 9.47 Å². The van der Waals surface area contributed by atoms with Crippen LogP contribution < -0.4 is 9.47 Å². The Morgan fingerprint density at radius 1 is 1.24 bits per heavy atom. The number of halogens is 1. The van der Waals surface area contributed by atoms with Crippen molar-refractivity contribution in [1.82, 2.24) is 0 Å². The number of fused-ring (bicyclic) bond motifs is 1. The third-order valence-electron chi connectivity index (χ3n) is 2.21. The first-order valence-corrected chi connectivity index (χ1v) is 6.95. The van der Waals surface area contributed by atoms with Crippen LogP contribution in [0.15, 0.2) is 10.8 Å². The van der Waals surface area contributed by atoms with E-state index < -0.39 is 0 Å². The van der Waals surface area contributed by atoms with Gasteiger partial charge in [0.25, 0.3) is 0 Å². The molecule has 2 rings (SSSR count). The molecule has 1 aromatic rings. The lowest BCUT2D eigenvalue weighted by Gasteiger charge is -2.24. The molecule has 0 spiro atoms. The van der Waals surface area contributed by atoms with Gasteiger partial charge in [0.05, 0.1) is 26.4 Å². The van der Waals surface area contributed by atoms with Gasteiger partial charge in [0.15, 0.2) is 17.6 Å². The van der Waals surface area contributed by atoms with Crippen LogP contribution in [0.25, 0.3) is 0 Å². The molecule has 0 saturated carbocycles. The molecule has 0 aliphatic carbocycles. The molecular weight excluding hydrogens is 264 g/mol. The lowest BCUT2D eigenvalue weighted by molar-refractivity contribution is -0.0101. The highest BCUT2D eigenvalue weighted by molar-refractivity contribution is 7.08. The highest BCUT2D eigenvalue weighted by atomic mass is 35.5. The molecule has 2 heterocycles. The van der Waals surface area contributed by atoms with Crippen molar-refractivity contribution in [3.05, 3.63) is 10.8 Å². The van der Waals surface area contributed by atoms with Gasteiger partial charge in [0.2, 0.25) is 0 Å². The summed E-state index contributed by atoms with van der Waals surface area (Å²) in [7, 11) is 0. The molecule has 0 radical (unpaired) electrons. The largest absolute Gasteiger partial charge is 0.485 e. The van der Waals surface area contributed by atoms with E-state index in [0.29, 0.717) is 38.9 Å². The van der Waals surface area contributed by atoms with Crippen molar-refractivity contribution in [2.75, 3.05) is 38.9 Å². The highest BCUT2D eigenvalue weighted by Crippen LogP contribution is 2.35. The molecule has 0 aromatic carbocycles. The maximum absolute atomic E-state index is 5.70. The van der Waals surface area contributed by atoms with E-state index in [0.717, 1.165) is 11.5 Å². The lowest BCUT2D eigenvalue weighted by Crippen LogP contribution is -2.33. The smallest absolute Gasteiger partial charge is 0.172 e. The van der Waals surface area contributed by atoms with Gasteiger partial charge in [0, 0.05) is 16.6 Å². The van der Waals surface area contributed by atoms with Gasteiger partial charge in [-0.2, -0.15) is 0 Å². The Hall–Kier alpha value is -0.490. The van der Waals surface area contributed by atoms with Crippen molar-refractivity contribution in [2.45, 2.75) is 6.10 Å². The number of hydrogen-bond donors (Lipinski definition) is 0. The molecule has 1 unspecified atom stereocenters. The Morgan fingerprint density at radius 3 is 2.94 bits per heavy atom. The quantitative estimate of drug-likeness (QED) is 0.566. The second-order valence-electron chi connectivity index (χ2n) is 3.53. The van der Waals surface area contributed by atoms with E-state index in [2.05, 4.69) is 0 Å². The Bertz CT molecular complexity index is 331. The summed E-state index contributed by atoms with van der Waals surface area (Å²) < 4.78 is 21.9. The second kappa shape index (κ2) is 7.06. The number of rotatable bonds is 7. The van der Waals surface area contributed by atoms with Crippen molar-refractivity contribution in [1.29, 1.82) is 0 Å². The molecule has 6 heteroatoms. The Morgan fingerprint density at radius 2 is 2.06 bits per heavy atom. The number of alkyl halides is 1. The average Bonchev–Trinajstić information content (AvgIpc) is 2.81. The third kappa shape index (κ3) is 4.03. The molecule has 1 aliphatic heterocycles. The zero-order chi connectivity index (χ0) is 11.9. The Balaban J connectivity index is 1.59. The molecule has 0 fully saturated rings. The van der Waals surface area contributed by atoms with Crippen LogP contribution in [0.4, 0.5) is 0 Å². The standard InChI is InChI=1S/C11H15ClO4S/c12-1-2-13-3-4-14-5-9-6-15-10-7-17-8-11(10)16-9/h7-9H,1-6H2. The fraction of sp³-hybridized carbons (Fsp3) is 0.636. The van der Waals surface area contributed by atoms with Crippen molar-refractivity contribution in [3.63, 3.8) is 0 Å². The first-order chi connectivity index (χ1) is 8.40. The van der Waals surface area contributed by atoms with Gasteiger partial charge >= 0.3 is 0 Å². The van der Waals surface area contributed by atoms with Crippen LogP contribution in [0.2, 0.25) is 0 Å². The molecule has 1 aliphatic rings. The van der Waals surface area contributed by atoms with Crippen LogP contribution in [0.3, 0.4) is 0 Å². The van der Waals surface area contributed by atoms with E-state index in [1.165, 1.54) is 0 Å². The van der Waals surface area contributed by atoms with Gasteiger partial charge in [-0.15, -0.1) is 22.9 Å². The van der Waals surface area contributed by atoms with Gasteiger partial charge in [-0.1, -0.05) is 0 Å². The SMILES string of the molecule is ClCCOCCOCC1COc2cscc2O1. The second-order valence-corrected chi connectivity index (χ2v) is 4.65. The minimum absolute atomic E-state index is 0.0369. The molecule has 0 saturated heterocycles. The van der Waals surface area contributed by atoms with Crippen LogP contribution in [0.1, 0.15) is 0 Å². The van der Waals surface area contributed by atoms with Crippen LogP contribution in [-0.4, -0.2) is 45.0 Å². The van der Waals surface area contributed by atoms with Gasteiger partial charge in [-0.05, 0) is 0 Å². The molecule has 17 heavy (non-hydrogen) atoms. The van der Waals surface area contributed by atoms with E-state index in [1.54, 1.807) is 11.3 Å². The van der Waals surface area contributed by atoms with E-state index in [1.807, 2.05) is 10.8 Å². The predicted octanol–water partition coefficient (Wildman–Crippen LogP) is 2.16. The van der Waals surface area contributed by atoms with E-state index in [-0.39, 0.29) is 6.10 Å². The summed E-state index contributed by atoms with van der Waals surface area (Å²) in [6, 6.07) is 0. The van der Waals surface area contributed by atoms with Gasteiger partial charge in [-0.25, -0.2) is 0 Å². The van der Waals surface area contributed by atoms with E-state index in [9.17, 15) is 0 Å². The summed E-state index contributed by atoms with van der Waals surface area (Å²) >= 11 is 7.04. The van der Waals surface area contributed by atoms with Gasteiger partial charge in [0.1, 0.15) is 6.61 Å². The molecule has 0 N–H and O–H groups in total. The first-order valence-electron chi connectivity index (χ1n) is 5.47. The van der Waals surface area contributed by atoms with Crippen LogP contribution >= 0.6 is 22.9 Å². The zero-order valence-corrected chi connectivity index (χ0v) is 11.0. The molecule has 0 amide bonds. The summed E-state index contributed by atoms with van der Waals surface area (Å²) in [6.45, 7) is 2.72. The molecule has 0 bridgehead atoms. The summed E-state index contributed by atoms with van der Waals surface area (Å²) in [4.78, 5) is 0. The number of hydrogen-bond acceptors (Lipinski definition) is 5. The zero-order valence-electron chi connectivity index (χ0n) is 9.39. The molecule has 1 aromatic heterocycles. The van der Waals surface area contributed by atoms with Crippen molar-refractivity contribution < 1.29 is 18.9 Å². The lowest BCUT2D eigenvalue weighted by atomic mass is 10.3. The molecule has 1 atom stereocenters. The normalized spacial score (nSPS) is 18.3. The maximum Gasteiger partial charge on any atom is 0.172 e. The molecule has 4 nitrogen and oxygen atoms in total. The van der Waals surface area contributed by atoms with E-state index >= 15 is 0 Å². The van der Waals surface area contributed by atoms with Gasteiger partial charge in [-0.3, -0.25) is 0 Å². The van der Waals surface area contributed by atoms with Crippen molar-refractivity contribution in [3.8, 4) is 11.5 Å². The Labute approximate surface area is 109 Å².